The lowest BCUT2D eigenvalue weighted by atomic mass is 9.92. The molecule has 1 aromatic heterocycles. The maximum atomic E-state index is 12.9. The normalized spacial score (nSPS) is 18.3. The molecule has 2 heterocycles. The van der Waals surface area contributed by atoms with E-state index in [1.54, 1.807) is 6.26 Å². The number of likely N-dealkylation sites (N-methyl/N-ethyl adjacent to an activating group) is 1. The molecule has 15 heavy (non-hydrogen) atoms. The van der Waals surface area contributed by atoms with Crippen molar-refractivity contribution in [2.75, 3.05) is 20.1 Å². The zero-order chi connectivity index (χ0) is 10.4. The third-order valence-electron chi connectivity index (χ3n) is 3.07. The van der Waals surface area contributed by atoms with E-state index in [1.165, 1.54) is 17.7 Å². The third-order valence-corrected chi connectivity index (χ3v) is 3.07. The van der Waals surface area contributed by atoms with Crippen molar-refractivity contribution >= 4 is 11.0 Å². The van der Waals surface area contributed by atoms with Gasteiger partial charge in [-0.15, -0.1) is 0 Å². The van der Waals surface area contributed by atoms with E-state index >= 15 is 0 Å². The Morgan fingerprint density at radius 3 is 2.93 bits per heavy atom. The largest absolute Gasteiger partial charge is 0.464 e. The van der Waals surface area contributed by atoms with Crippen LogP contribution >= 0.6 is 0 Å². The second kappa shape index (κ2) is 3.07. The number of rotatable bonds is 1. The van der Waals surface area contributed by atoms with Crippen molar-refractivity contribution < 1.29 is 8.81 Å². The van der Waals surface area contributed by atoms with Crippen molar-refractivity contribution in [1.82, 2.24) is 4.90 Å². The van der Waals surface area contributed by atoms with Crippen LogP contribution in [0.15, 0.2) is 28.9 Å². The SMILES string of the molecule is CN1CC(c2coc3cc(F)ccc23)C1. The van der Waals surface area contributed by atoms with Crippen LogP contribution in [0.5, 0.6) is 0 Å². The van der Waals surface area contributed by atoms with Gasteiger partial charge in [0.15, 0.2) is 0 Å². The summed E-state index contributed by atoms with van der Waals surface area (Å²) >= 11 is 0. The van der Waals surface area contributed by atoms with E-state index in [2.05, 4.69) is 11.9 Å². The summed E-state index contributed by atoms with van der Waals surface area (Å²) in [5.74, 6) is 0.302. The fraction of sp³-hybridized carbons (Fsp3) is 0.333. The van der Waals surface area contributed by atoms with Gasteiger partial charge in [-0.2, -0.15) is 0 Å². The molecule has 2 nitrogen and oxygen atoms in total. The van der Waals surface area contributed by atoms with Crippen LogP contribution in [-0.4, -0.2) is 25.0 Å². The maximum absolute atomic E-state index is 12.9. The third kappa shape index (κ3) is 1.35. The molecule has 3 heteroatoms. The molecule has 0 saturated carbocycles. The van der Waals surface area contributed by atoms with E-state index in [0.29, 0.717) is 11.5 Å². The summed E-state index contributed by atoms with van der Waals surface area (Å²) in [5.41, 5.74) is 1.86. The summed E-state index contributed by atoms with van der Waals surface area (Å²) in [6.45, 7) is 2.12. The Morgan fingerprint density at radius 2 is 2.20 bits per heavy atom. The summed E-state index contributed by atoms with van der Waals surface area (Å²) in [6.07, 6.45) is 1.77. The van der Waals surface area contributed by atoms with Gasteiger partial charge < -0.3 is 9.32 Å². The van der Waals surface area contributed by atoms with Gasteiger partial charge in [-0.1, -0.05) is 0 Å². The predicted octanol–water partition coefficient (Wildman–Crippen LogP) is 2.60. The summed E-state index contributed by atoms with van der Waals surface area (Å²) in [5, 5.41) is 1.05. The quantitative estimate of drug-likeness (QED) is 0.711. The second-order valence-corrected chi connectivity index (χ2v) is 4.25. The molecule has 3 rings (SSSR count). The van der Waals surface area contributed by atoms with Crippen LogP contribution in [0, 0.1) is 5.82 Å². The van der Waals surface area contributed by atoms with Crippen molar-refractivity contribution in [2.24, 2.45) is 0 Å². The fourth-order valence-electron chi connectivity index (χ4n) is 2.23. The molecular formula is C12H12FNO. The number of likely N-dealkylation sites (tertiary alicyclic amines) is 1. The molecule has 0 N–H and O–H groups in total. The maximum Gasteiger partial charge on any atom is 0.137 e. The molecule has 1 aliphatic rings. The van der Waals surface area contributed by atoms with E-state index in [1.807, 2.05) is 6.07 Å². The highest BCUT2D eigenvalue weighted by Crippen LogP contribution is 2.33. The Morgan fingerprint density at radius 1 is 1.40 bits per heavy atom. The summed E-state index contributed by atoms with van der Waals surface area (Å²) in [6, 6.07) is 4.74. The summed E-state index contributed by atoms with van der Waals surface area (Å²) in [7, 11) is 2.10. The molecule has 0 aliphatic carbocycles. The first-order chi connectivity index (χ1) is 7.24. The van der Waals surface area contributed by atoms with Crippen LogP contribution in [-0.2, 0) is 0 Å². The molecule has 0 atom stereocenters. The lowest BCUT2D eigenvalue weighted by Gasteiger charge is -2.35. The van der Waals surface area contributed by atoms with Gasteiger partial charge in [0.2, 0.25) is 0 Å². The zero-order valence-corrected chi connectivity index (χ0v) is 8.53. The van der Waals surface area contributed by atoms with Crippen molar-refractivity contribution in [2.45, 2.75) is 5.92 Å². The lowest BCUT2D eigenvalue weighted by molar-refractivity contribution is 0.190. The van der Waals surface area contributed by atoms with Crippen molar-refractivity contribution in [3.63, 3.8) is 0 Å². The molecule has 1 aromatic carbocycles. The second-order valence-electron chi connectivity index (χ2n) is 4.25. The average molecular weight is 205 g/mol. The van der Waals surface area contributed by atoms with Crippen LogP contribution < -0.4 is 0 Å². The van der Waals surface area contributed by atoms with E-state index in [-0.39, 0.29) is 5.82 Å². The number of furan rings is 1. The molecular weight excluding hydrogens is 193 g/mol. The van der Waals surface area contributed by atoms with Crippen LogP contribution in [0.3, 0.4) is 0 Å². The smallest absolute Gasteiger partial charge is 0.137 e. The highest BCUT2D eigenvalue weighted by molar-refractivity contribution is 5.81. The lowest BCUT2D eigenvalue weighted by Crippen LogP contribution is -2.41. The van der Waals surface area contributed by atoms with Gasteiger partial charge in [0.1, 0.15) is 11.4 Å². The van der Waals surface area contributed by atoms with Gasteiger partial charge in [0.25, 0.3) is 0 Å². The molecule has 0 amide bonds. The Kier molecular flexibility index (Phi) is 1.83. The van der Waals surface area contributed by atoms with Crippen molar-refractivity contribution in [1.29, 1.82) is 0 Å². The fourth-order valence-corrected chi connectivity index (χ4v) is 2.23. The Hall–Kier alpha value is -1.35. The Balaban J connectivity index is 2.05. The first-order valence-electron chi connectivity index (χ1n) is 5.09. The molecule has 1 fully saturated rings. The highest BCUT2D eigenvalue weighted by Gasteiger charge is 2.27. The molecule has 0 bridgehead atoms. The molecule has 1 aliphatic heterocycles. The van der Waals surface area contributed by atoms with Gasteiger partial charge in [0, 0.05) is 36.0 Å². The topological polar surface area (TPSA) is 16.4 Å². The highest BCUT2D eigenvalue weighted by atomic mass is 19.1. The molecule has 0 radical (unpaired) electrons. The molecule has 0 spiro atoms. The number of fused-ring (bicyclic) bond motifs is 1. The van der Waals surface area contributed by atoms with Crippen LogP contribution in [0.25, 0.3) is 11.0 Å². The van der Waals surface area contributed by atoms with Gasteiger partial charge >= 0.3 is 0 Å². The van der Waals surface area contributed by atoms with E-state index in [9.17, 15) is 4.39 Å². The van der Waals surface area contributed by atoms with Gasteiger partial charge in [0.05, 0.1) is 6.26 Å². The zero-order valence-electron chi connectivity index (χ0n) is 8.53. The van der Waals surface area contributed by atoms with Gasteiger partial charge in [-0.25, -0.2) is 4.39 Å². The summed E-state index contributed by atoms with van der Waals surface area (Å²) < 4.78 is 18.3. The first kappa shape index (κ1) is 8.92. The van der Waals surface area contributed by atoms with E-state index < -0.39 is 0 Å². The van der Waals surface area contributed by atoms with Crippen molar-refractivity contribution in [3.8, 4) is 0 Å². The molecule has 78 valence electrons. The molecule has 2 aromatic rings. The number of nitrogens with zero attached hydrogens (tertiary/aromatic N) is 1. The molecule has 1 saturated heterocycles. The number of hydrogen-bond donors (Lipinski definition) is 0. The minimum absolute atomic E-state index is 0.242. The van der Waals surface area contributed by atoms with Crippen LogP contribution in [0.4, 0.5) is 4.39 Å². The summed E-state index contributed by atoms with van der Waals surface area (Å²) in [4.78, 5) is 2.26. The monoisotopic (exact) mass is 205 g/mol. The average Bonchev–Trinajstić information content (AvgIpc) is 2.55. The Bertz CT molecular complexity index is 499. The van der Waals surface area contributed by atoms with Crippen LogP contribution in [0.1, 0.15) is 11.5 Å². The standard InChI is InChI=1S/C12H12FNO/c1-14-5-8(6-14)11-7-15-12-4-9(13)2-3-10(11)12/h2-4,7-8H,5-6H2,1H3. The minimum atomic E-state index is -0.242. The first-order valence-corrected chi connectivity index (χ1v) is 5.09. The Labute approximate surface area is 87.3 Å². The predicted molar refractivity (Wildman–Crippen MR) is 56.4 cm³/mol. The number of benzene rings is 1. The molecule has 0 unspecified atom stereocenters. The number of halogens is 1. The number of hydrogen-bond acceptors (Lipinski definition) is 2. The van der Waals surface area contributed by atoms with Gasteiger partial charge in [-0.3, -0.25) is 0 Å². The van der Waals surface area contributed by atoms with Crippen LogP contribution in [0.2, 0.25) is 0 Å². The van der Waals surface area contributed by atoms with E-state index in [0.717, 1.165) is 18.5 Å². The van der Waals surface area contributed by atoms with Gasteiger partial charge in [-0.05, 0) is 19.2 Å². The van der Waals surface area contributed by atoms with E-state index in [4.69, 9.17) is 4.42 Å². The van der Waals surface area contributed by atoms with Crippen molar-refractivity contribution in [3.05, 3.63) is 35.8 Å². The minimum Gasteiger partial charge on any atom is -0.464 e.